The van der Waals surface area contributed by atoms with Crippen LogP contribution in [0.2, 0.25) is 5.02 Å². The first-order valence-electron chi connectivity index (χ1n) is 8.45. The summed E-state index contributed by atoms with van der Waals surface area (Å²) < 4.78 is 7.11. The maximum absolute atomic E-state index is 11.8. The molecule has 8 heteroatoms. The SMILES string of the molecule is Cc1ccc(Sn2cc(Cl)c3nc(CNC(=O)OC(C)(C)C)cnc32)cc1. The van der Waals surface area contributed by atoms with E-state index < -0.39 is 11.7 Å². The number of aromatic nitrogens is 3. The van der Waals surface area contributed by atoms with E-state index >= 15 is 0 Å². The predicted molar refractivity (Wildman–Crippen MR) is 108 cm³/mol. The summed E-state index contributed by atoms with van der Waals surface area (Å²) in [6.45, 7) is 7.70. The molecular formula is C19H21ClN4O2S. The van der Waals surface area contributed by atoms with Gasteiger partial charge in [0.2, 0.25) is 0 Å². The van der Waals surface area contributed by atoms with Crippen molar-refractivity contribution >= 4 is 40.8 Å². The third kappa shape index (κ3) is 5.14. The summed E-state index contributed by atoms with van der Waals surface area (Å²) in [5.74, 6) is 0. The van der Waals surface area contributed by atoms with Crippen LogP contribution in [-0.4, -0.2) is 25.6 Å². The Kier molecular flexibility index (Phi) is 5.62. The normalized spacial score (nSPS) is 11.6. The van der Waals surface area contributed by atoms with E-state index in [9.17, 15) is 4.79 Å². The topological polar surface area (TPSA) is 69.0 Å². The number of aryl methyl sites for hydroxylation is 1. The third-order valence-corrected chi connectivity index (χ3v) is 4.74. The van der Waals surface area contributed by atoms with Gasteiger partial charge in [0.15, 0.2) is 5.65 Å². The Labute approximate surface area is 167 Å². The second kappa shape index (κ2) is 7.78. The van der Waals surface area contributed by atoms with E-state index in [0.717, 1.165) is 4.90 Å². The molecule has 0 saturated carbocycles. The second-order valence-corrected chi connectivity index (χ2v) is 8.55. The number of halogens is 1. The number of benzene rings is 1. The van der Waals surface area contributed by atoms with Gasteiger partial charge in [0.1, 0.15) is 11.1 Å². The zero-order chi connectivity index (χ0) is 19.6. The standard InChI is InChI=1S/C19H21ClN4O2S/c1-12-5-7-14(8-6-12)27-24-11-15(20)16-17(24)21-9-13(23-16)10-22-18(25)26-19(2,3)4/h5-9,11H,10H2,1-4H3,(H,22,25). The molecule has 3 aromatic rings. The van der Waals surface area contributed by atoms with Crippen LogP contribution in [-0.2, 0) is 11.3 Å². The fraction of sp³-hybridized carbons (Fsp3) is 0.316. The molecule has 1 aromatic carbocycles. The van der Waals surface area contributed by atoms with Crippen molar-refractivity contribution in [2.24, 2.45) is 0 Å². The lowest BCUT2D eigenvalue weighted by molar-refractivity contribution is 0.0523. The van der Waals surface area contributed by atoms with Crippen LogP contribution in [0.3, 0.4) is 0 Å². The predicted octanol–water partition coefficient (Wildman–Crippen LogP) is 4.97. The van der Waals surface area contributed by atoms with Crippen molar-refractivity contribution in [3.05, 3.63) is 52.9 Å². The quantitative estimate of drug-likeness (QED) is 0.664. The van der Waals surface area contributed by atoms with Crippen LogP contribution in [0.5, 0.6) is 0 Å². The van der Waals surface area contributed by atoms with Crippen molar-refractivity contribution in [1.29, 1.82) is 0 Å². The molecule has 0 spiro atoms. The molecule has 0 aliphatic carbocycles. The summed E-state index contributed by atoms with van der Waals surface area (Å²) in [6.07, 6.45) is 2.92. The van der Waals surface area contributed by atoms with Gasteiger partial charge in [-0.05, 0) is 51.8 Å². The Balaban J connectivity index is 1.75. The van der Waals surface area contributed by atoms with Crippen LogP contribution in [0, 0.1) is 6.92 Å². The molecule has 2 aromatic heterocycles. The molecule has 1 N–H and O–H groups in total. The van der Waals surface area contributed by atoms with Gasteiger partial charge in [-0.25, -0.2) is 14.8 Å². The number of fused-ring (bicyclic) bond motifs is 1. The summed E-state index contributed by atoms with van der Waals surface area (Å²) in [7, 11) is 0. The van der Waals surface area contributed by atoms with E-state index in [-0.39, 0.29) is 6.54 Å². The summed E-state index contributed by atoms with van der Waals surface area (Å²) in [4.78, 5) is 21.8. The Morgan fingerprint density at radius 3 is 2.67 bits per heavy atom. The molecule has 0 saturated heterocycles. The highest BCUT2D eigenvalue weighted by Crippen LogP contribution is 2.30. The molecule has 1 amide bonds. The number of hydrogen-bond acceptors (Lipinski definition) is 5. The Morgan fingerprint density at radius 2 is 2.00 bits per heavy atom. The Hall–Kier alpha value is -2.25. The molecule has 0 fully saturated rings. The van der Waals surface area contributed by atoms with Gasteiger partial charge in [0.05, 0.1) is 23.5 Å². The number of nitrogens with zero attached hydrogens (tertiary/aromatic N) is 3. The maximum atomic E-state index is 11.8. The number of rotatable bonds is 4. The molecule has 27 heavy (non-hydrogen) atoms. The molecule has 3 rings (SSSR count). The minimum absolute atomic E-state index is 0.213. The highest BCUT2D eigenvalue weighted by molar-refractivity contribution is 7.98. The van der Waals surface area contributed by atoms with Crippen LogP contribution in [0.15, 0.2) is 41.6 Å². The van der Waals surface area contributed by atoms with Crippen molar-refractivity contribution in [3.8, 4) is 0 Å². The van der Waals surface area contributed by atoms with Gasteiger partial charge in [0, 0.05) is 11.1 Å². The minimum atomic E-state index is -0.548. The number of carbonyl (C=O) groups is 1. The average Bonchev–Trinajstić information content (AvgIpc) is 2.89. The van der Waals surface area contributed by atoms with Gasteiger partial charge in [-0.15, -0.1) is 0 Å². The maximum Gasteiger partial charge on any atom is 0.407 e. The lowest BCUT2D eigenvalue weighted by Gasteiger charge is -2.19. The van der Waals surface area contributed by atoms with E-state index in [1.54, 1.807) is 12.4 Å². The smallest absolute Gasteiger partial charge is 0.407 e. The number of carbonyl (C=O) groups excluding carboxylic acids is 1. The zero-order valence-corrected chi connectivity index (χ0v) is 17.2. The molecule has 0 radical (unpaired) electrons. The molecule has 0 aliphatic rings. The van der Waals surface area contributed by atoms with Crippen LogP contribution in [0.4, 0.5) is 4.79 Å². The van der Waals surface area contributed by atoms with E-state index in [0.29, 0.717) is 21.9 Å². The van der Waals surface area contributed by atoms with Crippen LogP contribution < -0.4 is 5.32 Å². The van der Waals surface area contributed by atoms with Gasteiger partial charge in [-0.3, -0.25) is 3.97 Å². The fourth-order valence-electron chi connectivity index (χ4n) is 2.31. The van der Waals surface area contributed by atoms with E-state index in [1.165, 1.54) is 17.5 Å². The van der Waals surface area contributed by atoms with E-state index in [4.69, 9.17) is 16.3 Å². The molecule has 0 unspecified atom stereocenters. The molecule has 0 aliphatic heterocycles. The molecule has 6 nitrogen and oxygen atoms in total. The van der Waals surface area contributed by atoms with Gasteiger partial charge in [0.25, 0.3) is 0 Å². The molecule has 2 heterocycles. The Bertz CT molecular complexity index is 964. The summed E-state index contributed by atoms with van der Waals surface area (Å²) in [6, 6.07) is 8.21. The lowest BCUT2D eigenvalue weighted by atomic mass is 10.2. The lowest BCUT2D eigenvalue weighted by Crippen LogP contribution is -2.32. The van der Waals surface area contributed by atoms with E-state index in [1.807, 2.05) is 36.9 Å². The summed E-state index contributed by atoms with van der Waals surface area (Å²) >= 11 is 7.86. The Morgan fingerprint density at radius 1 is 1.30 bits per heavy atom. The summed E-state index contributed by atoms with van der Waals surface area (Å²) in [5.41, 5.74) is 2.53. The van der Waals surface area contributed by atoms with Crippen molar-refractivity contribution in [3.63, 3.8) is 0 Å². The highest BCUT2D eigenvalue weighted by Gasteiger charge is 2.17. The van der Waals surface area contributed by atoms with Crippen molar-refractivity contribution < 1.29 is 9.53 Å². The van der Waals surface area contributed by atoms with Crippen molar-refractivity contribution in [2.45, 2.75) is 44.7 Å². The number of amides is 1. The monoisotopic (exact) mass is 404 g/mol. The first kappa shape index (κ1) is 19.5. The molecule has 0 atom stereocenters. The summed E-state index contributed by atoms with van der Waals surface area (Å²) in [5, 5.41) is 3.18. The molecule has 142 valence electrons. The average molecular weight is 405 g/mol. The first-order valence-corrected chi connectivity index (χ1v) is 9.61. The van der Waals surface area contributed by atoms with Crippen LogP contribution in [0.1, 0.15) is 32.0 Å². The second-order valence-electron chi connectivity index (χ2n) is 7.10. The van der Waals surface area contributed by atoms with Gasteiger partial charge >= 0.3 is 6.09 Å². The van der Waals surface area contributed by atoms with Crippen LogP contribution >= 0.6 is 23.5 Å². The van der Waals surface area contributed by atoms with Crippen LogP contribution in [0.25, 0.3) is 11.2 Å². The fourth-order valence-corrected chi connectivity index (χ4v) is 3.46. The van der Waals surface area contributed by atoms with Gasteiger partial charge in [-0.1, -0.05) is 29.3 Å². The number of alkyl carbamates (subject to hydrolysis) is 1. The van der Waals surface area contributed by atoms with E-state index in [2.05, 4.69) is 34.3 Å². The van der Waals surface area contributed by atoms with Crippen molar-refractivity contribution in [1.82, 2.24) is 19.3 Å². The highest BCUT2D eigenvalue weighted by atomic mass is 35.5. The van der Waals surface area contributed by atoms with Gasteiger partial charge < -0.3 is 10.1 Å². The molecule has 0 bridgehead atoms. The van der Waals surface area contributed by atoms with Gasteiger partial charge in [-0.2, -0.15) is 0 Å². The number of hydrogen-bond donors (Lipinski definition) is 1. The largest absolute Gasteiger partial charge is 0.444 e. The van der Waals surface area contributed by atoms with Crippen molar-refractivity contribution in [2.75, 3.05) is 0 Å². The molecular weight excluding hydrogens is 384 g/mol. The first-order chi connectivity index (χ1) is 12.7. The number of nitrogens with one attached hydrogen (secondary N) is 1. The number of ether oxygens (including phenoxy) is 1. The third-order valence-electron chi connectivity index (χ3n) is 3.51. The zero-order valence-electron chi connectivity index (χ0n) is 15.6. The minimum Gasteiger partial charge on any atom is -0.444 e.